The first-order chi connectivity index (χ1) is 7.63. The third-order valence-electron chi connectivity index (χ3n) is 3.08. The van der Waals surface area contributed by atoms with E-state index in [2.05, 4.69) is 0 Å². The number of likely N-dealkylation sites (tertiary alicyclic amines) is 1. The summed E-state index contributed by atoms with van der Waals surface area (Å²) in [6.07, 6.45) is 0.424. The third kappa shape index (κ3) is 1.76. The number of nitrogens with zero attached hydrogens (tertiary/aromatic N) is 1. The minimum atomic E-state index is -0.120. The van der Waals surface area contributed by atoms with Gasteiger partial charge in [0.25, 0.3) is 0 Å². The fourth-order valence-electron chi connectivity index (χ4n) is 2.17. The number of hydrogen-bond donors (Lipinski definition) is 1. The molecule has 1 aromatic carbocycles. The molecule has 86 valence electrons. The van der Waals surface area contributed by atoms with Crippen LogP contribution in [0.3, 0.4) is 0 Å². The van der Waals surface area contributed by atoms with Gasteiger partial charge in [0.15, 0.2) is 0 Å². The molecule has 0 aromatic heterocycles. The molecule has 1 aromatic rings. The fourth-order valence-corrected chi connectivity index (χ4v) is 2.17. The maximum Gasteiger partial charge on any atom is 0.224 e. The molecular formula is C12H16N2O2. The minimum absolute atomic E-state index is 0.0154. The lowest BCUT2D eigenvalue weighted by Gasteiger charge is -2.23. The maximum absolute atomic E-state index is 11.5. The average molecular weight is 220 g/mol. The number of methoxy groups -OCH3 is 1. The van der Waals surface area contributed by atoms with Crippen LogP contribution < -0.4 is 10.5 Å². The Bertz CT molecular complexity index is 389. The molecule has 2 unspecified atom stereocenters. The highest BCUT2D eigenvalue weighted by Crippen LogP contribution is 2.31. The van der Waals surface area contributed by atoms with Crippen molar-refractivity contribution < 1.29 is 9.53 Å². The number of likely N-dealkylation sites (N-methyl/N-ethyl adjacent to an activating group) is 1. The summed E-state index contributed by atoms with van der Waals surface area (Å²) in [5.74, 6) is 0.914. The Morgan fingerprint density at radius 1 is 1.38 bits per heavy atom. The first-order valence-corrected chi connectivity index (χ1v) is 5.28. The van der Waals surface area contributed by atoms with Crippen LogP contribution in [0.15, 0.2) is 24.3 Å². The van der Waals surface area contributed by atoms with Gasteiger partial charge in [-0.15, -0.1) is 0 Å². The molecule has 2 atom stereocenters. The van der Waals surface area contributed by atoms with Gasteiger partial charge in [-0.2, -0.15) is 0 Å². The van der Waals surface area contributed by atoms with Crippen LogP contribution in [0, 0.1) is 0 Å². The zero-order chi connectivity index (χ0) is 11.7. The second-order valence-electron chi connectivity index (χ2n) is 4.09. The predicted octanol–water partition coefficient (Wildman–Crippen LogP) is 0.926. The Morgan fingerprint density at radius 3 is 2.44 bits per heavy atom. The monoisotopic (exact) mass is 220 g/mol. The summed E-state index contributed by atoms with van der Waals surface area (Å²) >= 11 is 0. The van der Waals surface area contributed by atoms with Crippen molar-refractivity contribution in [2.75, 3.05) is 14.2 Å². The summed E-state index contributed by atoms with van der Waals surface area (Å²) in [7, 11) is 3.43. The number of hydrogen-bond acceptors (Lipinski definition) is 3. The van der Waals surface area contributed by atoms with Crippen molar-refractivity contribution in [1.29, 1.82) is 0 Å². The van der Waals surface area contributed by atoms with Crippen LogP contribution in [0.1, 0.15) is 18.0 Å². The lowest BCUT2D eigenvalue weighted by Crippen LogP contribution is -2.30. The maximum atomic E-state index is 11.5. The number of ether oxygens (including phenoxy) is 1. The van der Waals surface area contributed by atoms with Gasteiger partial charge in [-0.05, 0) is 17.7 Å². The van der Waals surface area contributed by atoms with Crippen LogP contribution in [0.2, 0.25) is 0 Å². The average Bonchev–Trinajstić information content (AvgIpc) is 2.54. The van der Waals surface area contributed by atoms with E-state index in [-0.39, 0.29) is 18.0 Å². The minimum Gasteiger partial charge on any atom is -0.497 e. The van der Waals surface area contributed by atoms with Gasteiger partial charge in [0.2, 0.25) is 5.91 Å². The molecule has 2 rings (SSSR count). The van der Waals surface area contributed by atoms with Gasteiger partial charge in [0, 0.05) is 19.5 Å². The second kappa shape index (κ2) is 4.14. The van der Waals surface area contributed by atoms with E-state index in [1.165, 1.54) is 0 Å². The Hall–Kier alpha value is -1.55. The molecule has 16 heavy (non-hydrogen) atoms. The number of nitrogens with two attached hydrogens (primary N) is 1. The molecule has 4 heteroatoms. The third-order valence-corrected chi connectivity index (χ3v) is 3.08. The summed E-state index contributed by atoms with van der Waals surface area (Å²) < 4.78 is 5.09. The Kier molecular flexibility index (Phi) is 2.83. The van der Waals surface area contributed by atoms with Crippen LogP contribution >= 0.6 is 0 Å². The summed E-state index contributed by atoms with van der Waals surface area (Å²) in [5.41, 5.74) is 7.03. The van der Waals surface area contributed by atoms with E-state index in [1.807, 2.05) is 24.3 Å². The van der Waals surface area contributed by atoms with Crippen LogP contribution in [0.25, 0.3) is 0 Å². The number of amides is 1. The molecule has 1 aliphatic heterocycles. The molecule has 0 bridgehead atoms. The van der Waals surface area contributed by atoms with Gasteiger partial charge in [0.05, 0.1) is 13.2 Å². The van der Waals surface area contributed by atoms with Crippen LogP contribution in [0.5, 0.6) is 5.75 Å². The van der Waals surface area contributed by atoms with Crippen molar-refractivity contribution >= 4 is 5.91 Å². The largest absolute Gasteiger partial charge is 0.497 e. The SMILES string of the molecule is COc1ccc(C2C(N)CC(=O)N2C)cc1. The van der Waals surface area contributed by atoms with Crippen molar-refractivity contribution in [1.82, 2.24) is 4.90 Å². The molecule has 0 aliphatic carbocycles. The molecule has 0 radical (unpaired) electrons. The first kappa shape index (κ1) is 11.0. The van der Waals surface area contributed by atoms with E-state index in [1.54, 1.807) is 19.1 Å². The molecule has 1 fully saturated rings. The van der Waals surface area contributed by atoms with Crippen LogP contribution in [-0.4, -0.2) is 31.0 Å². The predicted molar refractivity (Wildman–Crippen MR) is 61.1 cm³/mol. The summed E-state index contributed by atoms with van der Waals surface area (Å²) in [5, 5.41) is 0. The Labute approximate surface area is 95.0 Å². The number of carbonyl (C=O) groups excluding carboxylic acids is 1. The summed E-state index contributed by atoms with van der Waals surface area (Å²) in [4.78, 5) is 13.2. The van der Waals surface area contributed by atoms with Gasteiger partial charge in [-0.1, -0.05) is 12.1 Å². The topological polar surface area (TPSA) is 55.6 Å². The van der Waals surface area contributed by atoms with E-state index in [4.69, 9.17) is 10.5 Å². The van der Waals surface area contributed by atoms with Crippen molar-refractivity contribution in [3.63, 3.8) is 0 Å². The van der Waals surface area contributed by atoms with Crippen molar-refractivity contribution in [3.8, 4) is 5.75 Å². The molecule has 1 amide bonds. The number of carbonyl (C=O) groups is 1. The van der Waals surface area contributed by atoms with Crippen LogP contribution in [-0.2, 0) is 4.79 Å². The number of rotatable bonds is 2. The molecule has 1 heterocycles. The van der Waals surface area contributed by atoms with Gasteiger partial charge in [0.1, 0.15) is 5.75 Å². The van der Waals surface area contributed by atoms with Gasteiger partial charge < -0.3 is 15.4 Å². The lowest BCUT2D eigenvalue weighted by atomic mass is 10.0. The van der Waals surface area contributed by atoms with E-state index >= 15 is 0 Å². The van der Waals surface area contributed by atoms with Crippen molar-refractivity contribution in [3.05, 3.63) is 29.8 Å². The summed E-state index contributed by atoms with van der Waals surface area (Å²) in [6, 6.07) is 7.55. The van der Waals surface area contributed by atoms with Gasteiger partial charge in [-0.3, -0.25) is 4.79 Å². The molecular weight excluding hydrogens is 204 g/mol. The normalized spacial score (nSPS) is 24.9. The van der Waals surface area contributed by atoms with E-state index in [9.17, 15) is 4.79 Å². The smallest absolute Gasteiger partial charge is 0.224 e. The van der Waals surface area contributed by atoms with Gasteiger partial charge in [-0.25, -0.2) is 0 Å². The molecule has 0 spiro atoms. The molecule has 2 N–H and O–H groups in total. The molecule has 1 aliphatic rings. The van der Waals surface area contributed by atoms with E-state index in [0.717, 1.165) is 11.3 Å². The van der Waals surface area contributed by atoms with E-state index in [0.29, 0.717) is 6.42 Å². The molecule has 0 saturated carbocycles. The van der Waals surface area contributed by atoms with Crippen molar-refractivity contribution in [2.24, 2.45) is 5.73 Å². The molecule has 4 nitrogen and oxygen atoms in total. The first-order valence-electron chi connectivity index (χ1n) is 5.28. The fraction of sp³-hybridized carbons (Fsp3) is 0.417. The summed E-state index contributed by atoms with van der Waals surface area (Å²) in [6.45, 7) is 0. The van der Waals surface area contributed by atoms with E-state index < -0.39 is 0 Å². The highest BCUT2D eigenvalue weighted by molar-refractivity contribution is 5.80. The molecule has 1 saturated heterocycles. The standard InChI is InChI=1S/C12H16N2O2/c1-14-11(15)7-10(13)12(14)8-3-5-9(16-2)6-4-8/h3-6,10,12H,7,13H2,1-2H3. The zero-order valence-corrected chi connectivity index (χ0v) is 9.51. The highest BCUT2D eigenvalue weighted by atomic mass is 16.5. The van der Waals surface area contributed by atoms with Gasteiger partial charge >= 0.3 is 0 Å². The highest BCUT2D eigenvalue weighted by Gasteiger charge is 2.35. The number of benzene rings is 1. The zero-order valence-electron chi connectivity index (χ0n) is 9.51. The lowest BCUT2D eigenvalue weighted by molar-refractivity contribution is -0.127. The Balaban J connectivity index is 2.26. The second-order valence-corrected chi connectivity index (χ2v) is 4.09. The van der Waals surface area contributed by atoms with Crippen molar-refractivity contribution in [2.45, 2.75) is 18.5 Å². The van der Waals surface area contributed by atoms with Crippen LogP contribution in [0.4, 0.5) is 0 Å². The Morgan fingerprint density at radius 2 is 2.00 bits per heavy atom. The quantitative estimate of drug-likeness (QED) is 0.806.